The van der Waals surface area contributed by atoms with Crippen LogP contribution in [0.1, 0.15) is 33.1 Å². The first-order valence-electron chi connectivity index (χ1n) is 6.22. The predicted molar refractivity (Wildman–Crippen MR) is 62.1 cm³/mol. The maximum atomic E-state index is 5.33. The second-order valence-corrected chi connectivity index (χ2v) is 5.28. The molecule has 1 atom stereocenters. The molecule has 1 saturated heterocycles. The van der Waals surface area contributed by atoms with Crippen molar-refractivity contribution in [1.82, 2.24) is 10.2 Å². The van der Waals surface area contributed by atoms with Gasteiger partial charge in [-0.2, -0.15) is 0 Å². The van der Waals surface area contributed by atoms with Crippen LogP contribution in [0.3, 0.4) is 0 Å². The first-order chi connectivity index (χ1) is 7.19. The van der Waals surface area contributed by atoms with Gasteiger partial charge in [0.05, 0.1) is 6.10 Å². The third-order valence-corrected chi connectivity index (χ3v) is 3.71. The van der Waals surface area contributed by atoms with Gasteiger partial charge in [-0.25, -0.2) is 0 Å². The Bertz CT molecular complexity index is 202. The predicted octanol–water partition coefficient (Wildman–Crippen LogP) is 1.24. The van der Waals surface area contributed by atoms with Crippen molar-refractivity contribution in [2.24, 2.45) is 0 Å². The van der Waals surface area contributed by atoms with Gasteiger partial charge in [0.25, 0.3) is 0 Å². The lowest BCUT2D eigenvalue weighted by atomic mass is 9.88. The summed E-state index contributed by atoms with van der Waals surface area (Å²) in [5.41, 5.74) is 0. The van der Waals surface area contributed by atoms with Crippen LogP contribution in [0.5, 0.6) is 0 Å². The molecular formula is C12H24N2O. The Morgan fingerprint density at radius 2 is 2.07 bits per heavy atom. The van der Waals surface area contributed by atoms with Crippen molar-refractivity contribution in [2.75, 3.05) is 20.2 Å². The summed E-state index contributed by atoms with van der Waals surface area (Å²) in [6.45, 7) is 6.96. The Morgan fingerprint density at radius 3 is 2.67 bits per heavy atom. The Morgan fingerprint density at radius 1 is 1.33 bits per heavy atom. The maximum absolute atomic E-state index is 5.33. The fraction of sp³-hybridized carbons (Fsp3) is 1.00. The van der Waals surface area contributed by atoms with E-state index in [0.29, 0.717) is 18.2 Å². The molecular weight excluding hydrogens is 188 g/mol. The first-order valence-corrected chi connectivity index (χ1v) is 6.22. The smallest absolute Gasteiger partial charge is 0.0601 e. The minimum absolute atomic E-state index is 0.534. The third kappa shape index (κ3) is 2.71. The van der Waals surface area contributed by atoms with E-state index in [0.717, 1.165) is 6.04 Å². The standard InChI is InChI=1S/C12H24N2O/c1-9(2)13-10-4-5-14(8-10)11-6-12(7-11)15-3/h9-13H,4-8H2,1-3H3. The molecule has 0 bridgehead atoms. The summed E-state index contributed by atoms with van der Waals surface area (Å²) < 4.78 is 5.33. The topological polar surface area (TPSA) is 24.5 Å². The van der Waals surface area contributed by atoms with Crippen LogP contribution < -0.4 is 5.32 Å². The van der Waals surface area contributed by atoms with Crippen molar-refractivity contribution in [3.63, 3.8) is 0 Å². The van der Waals surface area contributed by atoms with E-state index in [-0.39, 0.29) is 0 Å². The van der Waals surface area contributed by atoms with E-state index < -0.39 is 0 Å². The molecule has 2 fully saturated rings. The maximum Gasteiger partial charge on any atom is 0.0601 e. The lowest BCUT2D eigenvalue weighted by molar-refractivity contribution is -0.0207. The fourth-order valence-electron chi connectivity index (χ4n) is 2.75. The highest BCUT2D eigenvalue weighted by atomic mass is 16.5. The molecule has 88 valence electrons. The molecule has 1 aliphatic heterocycles. The Balaban J connectivity index is 1.69. The molecule has 15 heavy (non-hydrogen) atoms. The van der Waals surface area contributed by atoms with E-state index in [9.17, 15) is 0 Å². The second kappa shape index (κ2) is 4.81. The molecule has 0 spiro atoms. The zero-order chi connectivity index (χ0) is 10.8. The number of hydrogen-bond donors (Lipinski definition) is 1. The molecule has 1 heterocycles. The van der Waals surface area contributed by atoms with Crippen LogP contribution in [0.25, 0.3) is 0 Å². The normalized spacial score (nSPS) is 37.2. The van der Waals surface area contributed by atoms with Crippen molar-refractivity contribution in [3.8, 4) is 0 Å². The van der Waals surface area contributed by atoms with E-state index in [2.05, 4.69) is 24.1 Å². The van der Waals surface area contributed by atoms with Gasteiger partial charge in [0.2, 0.25) is 0 Å². The molecule has 1 saturated carbocycles. The first kappa shape index (κ1) is 11.4. The molecule has 3 heteroatoms. The van der Waals surface area contributed by atoms with Crippen LogP contribution in [0.15, 0.2) is 0 Å². The molecule has 0 aromatic rings. The van der Waals surface area contributed by atoms with Crippen LogP contribution in [-0.4, -0.2) is 49.3 Å². The molecule has 1 aliphatic carbocycles. The van der Waals surface area contributed by atoms with Crippen LogP contribution >= 0.6 is 0 Å². The highest BCUT2D eigenvalue weighted by molar-refractivity contribution is 4.93. The summed E-state index contributed by atoms with van der Waals surface area (Å²) in [4.78, 5) is 2.63. The molecule has 1 unspecified atom stereocenters. The van der Waals surface area contributed by atoms with E-state index in [1.807, 2.05) is 7.11 Å². The number of likely N-dealkylation sites (tertiary alicyclic amines) is 1. The van der Waals surface area contributed by atoms with Gasteiger partial charge >= 0.3 is 0 Å². The summed E-state index contributed by atoms with van der Waals surface area (Å²) in [5.74, 6) is 0. The number of methoxy groups -OCH3 is 1. The Hall–Kier alpha value is -0.120. The summed E-state index contributed by atoms with van der Waals surface area (Å²) in [5, 5.41) is 3.63. The van der Waals surface area contributed by atoms with Gasteiger partial charge < -0.3 is 10.1 Å². The van der Waals surface area contributed by atoms with Gasteiger partial charge in [0, 0.05) is 38.3 Å². The van der Waals surface area contributed by atoms with Gasteiger partial charge in [0.1, 0.15) is 0 Å². The van der Waals surface area contributed by atoms with Gasteiger partial charge in [-0.05, 0) is 19.3 Å². The quantitative estimate of drug-likeness (QED) is 0.759. The molecule has 0 radical (unpaired) electrons. The molecule has 0 amide bonds. The fourth-order valence-corrected chi connectivity index (χ4v) is 2.75. The van der Waals surface area contributed by atoms with Crippen molar-refractivity contribution in [1.29, 1.82) is 0 Å². The minimum Gasteiger partial charge on any atom is -0.381 e. The van der Waals surface area contributed by atoms with Crippen molar-refractivity contribution in [3.05, 3.63) is 0 Å². The number of nitrogens with one attached hydrogen (secondary N) is 1. The Kier molecular flexibility index (Phi) is 3.65. The van der Waals surface area contributed by atoms with Crippen molar-refractivity contribution >= 4 is 0 Å². The Labute approximate surface area is 93.2 Å². The number of rotatable bonds is 4. The van der Waals surface area contributed by atoms with Crippen molar-refractivity contribution < 1.29 is 4.74 Å². The molecule has 3 nitrogen and oxygen atoms in total. The highest BCUT2D eigenvalue weighted by Gasteiger charge is 2.37. The monoisotopic (exact) mass is 212 g/mol. The van der Waals surface area contributed by atoms with Gasteiger partial charge in [0.15, 0.2) is 0 Å². The highest BCUT2D eigenvalue weighted by Crippen LogP contribution is 2.30. The zero-order valence-electron chi connectivity index (χ0n) is 10.2. The third-order valence-electron chi connectivity index (χ3n) is 3.71. The van der Waals surface area contributed by atoms with E-state index in [4.69, 9.17) is 4.74 Å². The lowest BCUT2D eigenvalue weighted by Gasteiger charge is -2.40. The second-order valence-electron chi connectivity index (χ2n) is 5.28. The van der Waals surface area contributed by atoms with E-state index in [1.54, 1.807) is 0 Å². The number of ether oxygens (including phenoxy) is 1. The number of hydrogen-bond acceptors (Lipinski definition) is 3. The van der Waals surface area contributed by atoms with E-state index in [1.165, 1.54) is 32.4 Å². The molecule has 2 rings (SSSR count). The van der Waals surface area contributed by atoms with Gasteiger partial charge in [-0.1, -0.05) is 13.8 Å². The SMILES string of the molecule is COC1CC(N2CCC(NC(C)C)C2)C1. The van der Waals surface area contributed by atoms with Crippen LogP contribution in [0, 0.1) is 0 Å². The summed E-state index contributed by atoms with van der Waals surface area (Å²) in [7, 11) is 1.83. The molecule has 2 aliphatic rings. The summed E-state index contributed by atoms with van der Waals surface area (Å²) >= 11 is 0. The average molecular weight is 212 g/mol. The molecule has 0 aromatic heterocycles. The van der Waals surface area contributed by atoms with Crippen molar-refractivity contribution in [2.45, 2.75) is 57.3 Å². The lowest BCUT2D eigenvalue weighted by Crippen LogP contribution is -2.48. The summed E-state index contributed by atoms with van der Waals surface area (Å²) in [6, 6.07) is 2.13. The van der Waals surface area contributed by atoms with Gasteiger partial charge in [-0.15, -0.1) is 0 Å². The van der Waals surface area contributed by atoms with Crippen LogP contribution in [0.4, 0.5) is 0 Å². The van der Waals surface area contributed by atoms with E-state index >= 15 is 0 Å². The minimum atomic E-state index is 0.534. The number of nitrogens with zero attached hydrogens (tertiary/aromatic N) is 1. The van der Waals surface area contributed by atoms with Gasteiger partial charge in [-0.3, -0.25) is 4.90 Å². The zero-order valence-corrected chi connectivity index (χ0v) is 10.2. The van der Waals surface area contributed by atoms with Crippen LogP contribution in [-0.2, 0) is 4.74 Å². The molecule has 1 N–H and O–H groups in total. The average Bonchev–Trinajstić information content (AvgIpc) is 2.50. The summed E-state index contributed by atoms with van der Waals surface area (Å²) in [6.07, 6.45) is 4.33. The molecule has 0 aromatic carbocycles. The van der Waals surface area contributed by atoms with Crippen LogP contribution in [0.2, 0.25) is 0 Å². The largest absolute Gasteiger partial charge is 0.381 e.